The Morgan fingerprint density at radius 1 is 0.977 bits per heavy atom. The number of carbonyl (C=O) groups excluding carboxylic acids is 2. The van der Waals surface area contributed by atoms with Gasteiger partial charge in [-0.3, -0.25) is 14.5 Å². The lowest BCUT2D eigenvalue weighted by atomic mass is 9.98. The molecule has 3 aliphatic heterocycles. The molecule has 2 bridgehead atoms. The summed E-state index contributed by atoms with van der Waals surface area (Å²) in [7, 11) is 0. The zero-order valence-corrected chi connectivity index (χ0v) is 24.5. The lowest BCUT2D eigenvalue weighted by Gasteiger charge is -2.41. The number of carbonyl (C=O) groups is 2. The van der Waals surface area contributed by atoms with Crippen molar-refractivity contribution < 1.29 is 28.6 Å². The summed E-state index contributed by atoms with van der Waals surface area (Å²) >= 11 is 5.87. The number of piperazine rings is 1. The average molecular weight is 608 g/mol. The van der Waals surface area contributed by atoms with Gasteiger partial charge in [0.25, 0.3) is 5.91 Å². The van der Waals surface area contributed by atoms with Crippen molar-refractivity contribution in [2.75, 3.05) is 32.8 Å². The van der Waals surface area contributed by atoms with Crippen molar-refractivity contribution in [2.45, 2.75) is 50.2 Å². The second kappa shape index (κ2) is 13.0. The summed E-state index contributed by atoms with van der Waals surface area (Å²) < 4.78 is 26.6. The second-order valence-electron chi connectivity index (χ2n) is 11.4. The molecule has 10 heteroatoms. The smallest absolute Gasteiger partial charge is 0.258 e. The van der Waals surface area contributed by atoms with E-state index in [2.05, 4.69) is 5.32 Å². The van der Waals surface area contributed by atoms with Crippen LogP contribution in [0.15, 0.2) is 66.7 Å². The number of aliphatic hydroxyl groups is 1. The number of amides is 2. The number of rotatable bonds is 3. The summed E-state index contributed by atoms with van der Waals surface area (Å²) in [6.07, 6.45) is 0.461. The summed E-state index contributed by atoms with van der Waals surface area (Å²) in [6, 6.07) is 19.3. The van der Waals surface area contributed by atoms with Crippen LogP contribution in [0.1, 0.15) is 35.2 Å². The molecule has 0 spiro atoms. The molecule has 226 valence electrons. The Kier molecular flexibility index (Phi) is 8.95. The Morgan fingerprint density at radius 3 is 2.63 bits per heavy atom. The van der Waals surface area contributed by atoms with Crippen molar-refractivity contribution in [1.29, 1.82) is 0 Å². The zero-order chi connectivity index (χ0) is 29.9. The highest BCUT2D eigenvalue weighted by Gasteiger charge is 2.38. The number of fused-ring (bicyclic) bond motifs is 4. The second-order valence-corrected chi connectivity index (χ2v) is 11.8. The molecule has 0 aromatic heterocycles. The molecule has 2 N–H and O–H groups in total. The van der Waals surface area contributed by atoms with Crippen LogP contribution in [0.4, 0.5) is 4.39 Å². The van der Waals surface area contributed by atoms with E-state index < -0.39 is 24.1 Å². The van der Waals surface area contributed by atoms with Gasteiger partial charge in [-0.1, -0.05) is 54.1 Å². The molecule has 43 heavy (non-hydrogen) atoms. The van der Waals surface area contributed by atoms with Gasteiger partial charge >= 0.3 is 0 Å². The number of aliphatic hydroxyl groups excluding tert-OH is 1. The minimum absolute atomic E-state index is 0.0512. The fourth-order valence-electron chi connectivity index (χ4n) is 6.09. The van der Waals surface area contributed by atoms with E-state index in [0.29, 0.717) is 50.3 Å². The lowest BCUT2D eigenvalue weighted by Crippen LogP contribution is -2.61. The standard InChI is InChI=1S/C33H35ClFN3O5/c34-26-10-6-21(16-27(26)35)19-37-13-14-38-28(20-37)32(40)36-18-31-29(39)11-8-24(43-31)12-15-42-30-17-23(7-9-25(30)33(38)41)22-4-2-1-3-5-22/h1-7,9-10,16-17,24,28-29,31,39H,8,11-15,18-20H2,(H,36,40)/t24-,28-,29-,31+/m0/s1. The number of ether oxygens (including phenoxy) is 2. The van der Waals surface area contributed by atoms with Gasteiger partial charge < -0.3 is 24.8 Å². The summed E-state index contributed by atoms with van der Waals surface area (Å²) in [5.74, 6) is -0.673. The maximum absolute atomic E-state index is 14.1. The minimum Gasteiger partial charge on any atom is -0.493 e. The first-order chi connectivity index (χ1) is 20.9. The molecule has 0 aliphatic carbocycles. The largest absolute Gasteiger partial charge is 0.493 e. The van der Waals surface area contributed by atoms with Crippen molar-refractivity contribution in [1.82, 2.24) is 15.1 Å². The third kappa shape index (κ3) is 6.70. The number of nitrogens with zero attached hydrogens (tertiary/aromatic N) is 2. The van der Waals surface area contributed by atoms with Gasteiger partial charge in [0.15, 0.2) is 0 Å². The van der Waals surface area contributed by atoms with Crippen molar-refractivity contribution in [3.05, 3.63) is 88.7 Å². The molecule has 8 nitrogen and oxygen atoms in total. The van der Waals surface area contributed by atoms with Gasteiger partial charge in [0, 0.05) is 39.1 Å². The van der Waals surface area contributed by atoms with E-state index in [0.717, 1.165) is 16.7 Å². The summed E-state index contributed by atoms with van der Waals surface area (Å²) in [6.45, 7) is 1.90. The van der Waals surface area contributed by atoms with Gasteiger partial charge in [0.2, 0.25) is 5.91 Å². The Morgan fingerprint density at radius 2 is 1.81 bits per heavy atom. The molecule has 4 atom stereocenters. The topological polar surface area (TPSA) is 91.3 Å². The molecule has 6 rings (SSSR count). The first kappa shape index (κ1) is 29.6. The van der Waals surface area contributed by atoms with Gasteiger partial charge in [0.05, 0.1) is 29.4 Å². The van der Waals surface area contributed by atoms with Crippen molar-refractivity contribution in [2.24, 2.45) is 0 Å². The summed E-state index contributed by atoms with van der Waals surface area (Å²) in [5.41, 5.74) is 3.03. The van der Waals surface area contributed by atoms with Crippen molar-refractivity contribution >= 4 is 23.4 Å². The zero-order valence-electron chi connectivity index (χ0n) is 23.8. The predicted octanol–water partition coefficient (Wildman–Crippen LogP) is 4.28. The monoisotopic (exact) mass is 607 g/mol. The van der Waals surface area contributed by atoms with Crippen LogP contribution in [0.3, 0.4) is 0 Å². The van der Waals surface area contributed by atoms with Gasteiger partial charge in [-0.05, 0) is 53.8 Å². The fraction of sp³-hybridized carbons (Fsp3) is 0.394. The van der Waals surface area contributed by atoms with E-state index in [1.54, 1.807) is 17.0 Å². The molecular weight excluding hydrogens is 573 g/mol. The van der Waals surface area contributed by atoms with E-state index in [1.807, 2.05) is 47.4 Å². The number of nitrogens with one attached hydrogen (secondary N) is 1. The molecule has 3 aliphatic rings. The van der Waals surface area contributed by atoms with Crippen LogP contribution in [0.2, 0.25) is 5.02 Å². The number of benzene rings is 3. The van der Waals surface area contributed by atoms with Crippen molar-refractivity contribution in [3.63, 3.8) is 0 Å². The highest BCUT2D eigenvalue weighted by molar-refractivity contribution is 6.30. The van der Waals surface area contributed by atoms with E-state index in [4.69, 9.17) is 21.1 Å². The van der Waals surface area contributed by atoms with Crippen LogP contribution in [0.25, 0.3) is 11.1 Å². The fourth-order valence-corrected chi connectivity index (χ4v) is 6.21. The molecule has 0 saturated carbocycles. The van der Waals surface area contributed by atoms with E-state index >= 15 is 0 Å². The molecule has 0 radical (unpaired) electrons. The summed E-state index contributed by atoms with van der Waals surface area (Å²) in [4.78, 5) is 31.5. The van der Waals surface area contributed by atoms with Gasteiger partial charge in [0.1, 0.15) is 23.7 Å². The molecule has 2 fully saturated rings. The summed E-state index contributed by atoms with van der Waals surface area (Å²) in [5, 5.41) is 13.6. The average Bonchev–Trinajstić information content (AvgIpc) is 3.02. The maximum atomic E-state index is 14.1. The third-order valence-corrected chi connectivity index (χ3v) is 8.80. The van der Waals surface area contributed by atoms with Crippen LogP contribution in [0, 0.1) is 5.82 Å². The molecule has 3 heterocycles. The predicted molar refractivity (Wildman–Crippen MR) is 160 cm³/mol. The van der Waals surface area contributed by atoms with E-state index in [-0.39, 0.29) is 42.6 Å². The number of hydrogen-bond acceptors (Lipinski definition) is 6. The van der Waals surface area contributed by atoms with Crippen LogP contribution in [-0.2, 0) is 16.1 Å². The van der Waals surface area contributed by atoms with Crippen LogP contribution in [-0.4, -0.2) is 83.9 Å². The Balaban J connectivity index is 1.31. The lowest BCUT2D eigenvalue weighted by molar-refractivity contribution is -0.135. The molecule has 3 aromatic carbocycles. The Bertz CT molecular complexity index is 1470. The van der Waals surface area contributed by atoms with Crippen LogP contribution >= 0.6 is 11.6 Å². The first-order valence-corrected chi connectivity index (χ1v) is 15.1. The van der Waals surface area contributed by atoms with Crippen molar-refractivity contribution in [3.8, 4) is 16.9 Å². The maximum Gasteiger partial charge on any atom is 0.258 e. The molecule has 0 unspecified atom stereocenters. The van der Waals surface area contributed by atoms with Gasteiger partial charge in [-0.2, -0.15) is 0 Å². The van der Waals surface area contributed by atoms with Crippen LogP contribution in [0.5, 0.6) is 5.75 Å². The highest BCUT2D eigenvalue weighted by Crippen LogP contribution is 2.31. The third-order valence-electron chi connectivity index (χ3n) is 8.49. The van der Waals surface area contributed by atoms with E-state index in [9.17, 15) is 19.1 Å². The van der Waals surface area contributed by atoms with Gasteiger partial charge in [-0.15, -0.1) is 0 Å². The Labute approximate surface area is 255 Å². The normalized spacial score (nSPS) is 25.1. The van der Waals surface area contributed by atoms with Crippen LogP contribution < -0.4 is 10.1 Å². The first-order valence-electron chi connectivity index (χ1n) is 14.8. The Hall–Kier alpha value is -3.50. The molecular formula is C33H35ClFN3O5. The van der Waals surface area contributed by atoms with E-state index in [1.165, 1.54) is 12.1 Å². The highest BCUT2D eigenvalue weighted by atomic mass is 35.5. The molecule has 2 amide bonds. The minimum atomic E-state index is -0.820. The quantitative estimate of drug-likeness (QED) is 0.462. The number of halogens is 2. The number of hydrogen-bond donors (Lipinski definition) is 2. The molecule has 3 aromatic rings. The molecule has 2 saturated heterocycles. The van der Waals surface area contributed by atoms with Gasteiger partial charge in [-0.25, -0.2) is 4.39 Å². The SMILES string of the molecule is O=C1NC[C@H]2O[C@H](CCOc3cc(-c4ccccc4)ccc3C(=O)N3CCN(Cc4ccc(Cl)c(F)c4)C[C@@H]13)CC[C@@H]2O.